The lowest BCUT2D eigenvalue weighted by Crippen LogP contribution is -2.47. The Hall–Kier alpha value is -1.45. The zero-order valence-corrected chi connectivity index (χ0v) is 9.99. The molecule has 96 valence electrons. The fraction of sp³-hybridized carbons (Fsp3) is 0.500. The van der Waals surface area contributed by atoms with Crippen molar-refractivity contribution in [3.05, 3.63) is 18.2 Å². The van der Waals surface area contributed by atoms with Crippen LogP contribution < -0.4 is 9.44 Å². The van der Waals surface area contributed by atoms with E-state index in [1.165, 1.54) is 12.5 Å². The Bertz CT molecular complexity index is 456. The Morgan fingerprint density at radius 3 is 2.82 bits per heavy atom. The third-order valence-corrected chi connectivity index (χ3v) is 3.17. The van der Waals surface area contributed by atoms with Gasteiger partial charge in [0.05, 0.1) is 6.33 Å². The van der Waals surface area contributed by atoms with Crippen LogP contribution in [0.5, 0.6) is 0 Å². The Labute approximate surface area is 98.6 Å². The third kappa shape index (κ3) is 4.51. The van der Waals surface area contributed by atoms with Gasteiger partial charge in [-0.1, -0.05) is 6.92 Å². The smallest absolute Gasteiger partial charge is 0.322 e. The van der Waals surface area contributed by atoms with Crippen LogP contribution in [0.4, 0.5) is 0 Å². The molecule has 0 fully saturated rings. The predicted molar refractivity (Wildman–Crippen MR) is 59.4 cm³/mol. The molecule has 1 rings (SSSR count). The van der Waals surface area contributed by atoms with Gasteiger partial charge >= 0.3 is 5.97 Å². The number of carboxylic acids is 1. The van der Waals surface area contributed by atoms with Gasteiger partial charge in [-0.25, -0.2) is 9.71 Å². The molecular weight excluding hydrogens is 248 g/mol. The zero-order valence-electron chi connectivity index (χ0n) is 9.17. The predicted octanol–water partition coefficient (Wildman–Crippen LogP) is -1.15. The minimum Gasteiger partial charge on any atom is -0.480 e. The number of aromatic nitrogens is 2. The Kier molecular flexibility index (Phi) is 4.61. The van der Waals surface area contributed by atoms with Crippen LogP contribution in [-0.2, 0) is 21.4 Å². The van der Waals surface area contributed by atoms with Crippen molar-refractivity contribution in [3.63, 3.8) is 0 Å². The van der Waals surface area contributed by atoms with Crippen molar-refractivity contribution in [2.24, 2.45) is 0 Å². The number of nitrogens with one attached hydrogen (secondary N) is 3. The highest BCUT2D eigenvalue weighted by Gasteiger charge is 2.24. The summed E-state index contributed by atoms with van der Waals surface area (Å²) in [6.07, 6.45) is 2.84. The van der Waals surface area contributed by atoms with E-state index >= 15 is 0 Å². The van der Waals surface area contributed by atoms with Crippen LogP contribution in [0.1, 0.15) is 12.6 Å². The summed E-state index contributed by atoms with van der Waals surface area (Å²) in [4.78, 5) is 17.4. The maximum Gasteiger partial charge on any atom is 0.322 e. The van der Waals surface area contributed by atoms with Crippen molar-refractivity contribution in [3.8, 4) is 0 Å². The van der Waals surface area contributed by atoms with Gasteiger partial charge in [0.15, 0.2) is 0 Å². The van der Waals surface area contributed by atoms with E-state index in [2.05, 4.69) is 14.7 Å². The molecule has 9 heteroatoms. The number of aliphatic carboxylic acids is 1. The highest BCUT2D eigenvalue weighted by atomic mass is 32.2. The van der Waals surface area contributed by atoms with Crippen molar-refractivity contribution in [2.45, 2.75) is 19.4 Å². The molecule has 1 aromatic heterocycles. The number of H-pyrrole nitrogens is 1. The van der Waals surface area contributed by atoms with Gasteiger partial charge in [-0.2, -0.15) is 13.1 Å². The maximum atomic E-state index is 11.4. The summed E-state index contributed by atoms with van der Waals surface area (Å²) in [5, 5.41) is 8.91. The molecule has 0 spiro atoms. The molecule has 1 heterocycles. The Morgan fingerprint density at radius 1 is 1.65 bits per heavy atom. The van der Waals surface area contributed by atoms with Crippen molar-refractivity contribution < 1.29 is 18.3 Å². The summed E-state index contributed by atoms with van der Waals surface area (Å²) >= 11 is 0. The first kappa shape index (κ1) is 13.6. The molecule has 0 saturated carbocycles. The maximum absolute atomic E-state index is 11.4. The van der Waals surface area contributed by atoms with E-state index in [4.69, 9.17) is 5.11 Å². The number of carbonyl (C=O) groups is 1. The lowest BCUT2D eigenvalue weighted by molar-refractivity contribution is -0.138. The number of nitrogens with zero attached hydrogens (tertiary/aromatic N) is 1. The van der Waals surface area contributed by atoms with E-state index in [9.17, 15) is 13.2 Å². The van der Waals surface area contributed by atoms with Gasteiger partial charge in [-0.05, 0) is 0 Å². The molecule has 0 aliphatic carbocycles. The minimum atomic E-state index is -3.79. The van der Waals surface area contributed by atoms with E-state index in [1.807, 2.05) is 4.72 Å². The molecule has 0 bridgehead atoms. The SMILES string of the molecule is CCNS(=O)(=O)N[C@H](Cc1cnc[nH]1)C(=O)O. The first-order chi connectivity index (χ1) is 7.94. The van der Waals surface area contributed by atoms with Crippen LogP contribution in [0, 0.1) is 0 Å². The lowest BCUT2D eigenvalue weighted by atomic mass is 10.2. The van der Waals surface area contributed by atoms with E-state index in [1.54, 1.807) is 6.92 Å². The van der Waals surface area contributed by atoms with Gasteiger partial charge in [0.1, 0.15) is 6.04 Å². The van der Waals surface area contributed by atoms with Gasteiger partial charge in [0.2, 0.25) is 0 Å². The summed E-state index contributed by atoms with van der Waals surface area (Å²) in [5.74, 6) is -1.25. The summed E-state index contributed by atoms with van der Waals surface area (Å²) < 4.78 is 26.9. The number of hydrogen-bond acceptors (Lipinski definition) is 4. The average molecular weight is 262 g/mol. The second-order valence-electron chi connectivity index (χ2n) is 3.29. The van der Waals surface area contributed by atoms with Crippen LogP contribution in [-0.4, -0.2) is 42.0 Å². The average Bonchev–Trinajstić information content (AvgIpc) is 2.68. The molecule has 0 aromatic carbocycles. The second kappa shape index (κ2) is 5.75. The fourth-order valence-corrected chi connectivity index (χ4v) is 2.24. The van der Waals surface area contributed by atoms with Crippen molar-refractivity contribution >= 4 is 16.2 Å². The molecular formula is C8H14N4O4S. The molecule has 1 atom stereocenters. The van der Waals surface area contributed by atoms with E-state index < -0.39 is 22.2 Å². The summed E-state index contributed by atoms with van der Waals surface area (Å²) in [6.45, 7) is 1.79. The lowest BCUT2D eigenvalue weighted by Gasteiger charge is -2.13. The molecule has 0 radical (unpaired) electrons. The minimum absolute atomic E-state index is 0.0000420. The number of carboxylic acid groups (broad SMARTS) is 1. The Morgan fingerprint density at radius 2 is 2.35 bits per heavy atom. The first-order valence-electron chi connectivity index (χ1n) is 4.91. The largest absolute Gasteiger partial charge is 0.480 e. The van der Waals surface area contributed by atoms with Crippen LogP contribution in [0.25, 0.3) is 0 Å². The normalized spacial score (nSPS) is 13.5. The number of hydrogen-bond donors (Lipinski definition) is 4. The highest BCUT2D eigenvalue weighted by Crippen LogP contribution is 2.00. The van der Waals surface area contributed by atoms with Crippen LogP contribution in [0.15, 0.2) is 12.5 Å². The third-order valence-electron chi connectivity index (χ3n) is 1.91. The van der Waals surface area contributed by atoms with Gasteiger partial charge in [-0.3, -0.25) is 4.79 Å². The molecule has 4 N–H and O–H groups in total. The van der Waals surface area contributed by atoms with E-state index in [0.29, 0.717) is 5.69 Å². The molecule has 0 unspecified atom stereocenters. The quantitative estimate of drug-likeness (QED) is 0.494. The Balaban J connectivity index is 2.71. The molecule has 0 aliphatic rings. The number of imidazole rings is 1. The summed E-state index contributed by atoms with van der Waals surface area (Å²) in [7, 11) is -3.79. The van der Waals surface area contributed by atoms with E-state index in [-0.39, 0.29) is 13.0 Å². The van der Waals surface area contributed by atoms with Crippen LogP contribution in [0.3, 0.4) is 0 Å². The standard InChI is InChI=1S/C8H14N4O4S/c1-2-11-17(15,16)12-7(8(13)14)3-6-4-9-5-10-6/h4-5,7,11-12H,2-3H2,1H3,(H,9,10)(H,13,14)/t7-/m1/s1. The van der Waals surface area contributed by atoms with Crippen molar-refractivity contribution in [2.75, 3.05) is 6.54 Å². The molecule has 8 nitrogen and oxygen atoms in total. The molecule has 0 saturated heterocycles. The number of rotatable bonds is 7. The van der Waals surface area contributed by atoms with Crippen LogP contribution >= 0.6 is 0 Å². The van der Waals surface area contributed by atoms with Gasteiger partial charge < -0.3 is 10.1 Å². The van der Waals surface area contributed by atoms with Gasteiger partial charge in [-0.15, -0.1) is 0 Å². The van der Waals surface area contributed by atoms with Gasteiger partial charge in [0, 0.05) is 24.9 Å². The first-order valence-corrected chi connectivity index (χ1v) is 6.40. The van der Waals surface area contributed by atoms with E-state index in [0.717, 1.165) is 0 Å². The molecule has 17 heavy (non-hydrogen) atoms. The molecule has 0 amide bonds. The van der Waals surface area contributed by atoms with Gasteiger partial charge in [0.25, 0.3) is 10.2 Å². The monoisotopic (exact) mass is 262 g/mol. The van der Waals surface area contributed by atoms with Crippen molar-refractivity contribution in [1.29, 1.82) is 0 Å². The fourth-order valence-electron chi connectivity index (χ4n) is 1.21. The second-order valence-corrected chi connectivity index (χ2v) is 4.82. The number of aromatic amines is 1. The summed E-state index contributed by atoms with van der Waals surface area (Å²) in [5.41, 5.74) is 0.539. The molecule has 0 aliphatic heterocycles. The molecule has 1 aromatic rings. The summed E-state index contributed by atoms with van der Waals surface area (Å²) in [6, 6.07) is -1.24. The van der Waals surface area contributed by atoms with Crippen LogP contribution in [0.2, 0.25) is 0 Å². The zero-order chi connectivity index (χ0) is 12.9. The topological polar surface area (TPSA) is 124 Å². The van der Waals surface area contributed by atoms with Crippen molar-refractivity contribution in [1.82, 2.24) is 19.4 Å². The highest BCUT2D eigenvalue weighted by molar-refractivity contribution is 7.87.